The van der Waals surface area contributed by atoms with Gasteiger partial charge in [0.2, 0.25) is 0 Å². The SMILES string of the molecule is CC1CCc2ccccc2N1C(=O)N1CCC(c2cn(C)cn2)CC1. The van der Waals surface area contributed by atoms with Gasteiger partial charge in [-0.25, -0.2) is 9.78 Å². The molecule has 25 heavy (non-hydrogen) atoms. The van der Waals surface area contributed by atoms with Crippen molar-refractivity contribution in [1.29, 1.82) is 0 Å². The minimum atomic E-state index is 0.166. The number of piperidine rings is 1. The predicted molar refractivity (Wildman–Crippen MR) is 98.9 cm³/mol. The molecule has 0 radical (unpaired) electrons. The summed E-state index contributed by atoms with van der Waals surface area (Å²) in [5.74, 6) is 0.469. The Morgan fingerprint density at radius 2 is 1.92 bits per heavy atom. The minimum absolute atomic E-state index is 0.166. The molecule has 5 heteroatoms. The lowest BCUT2D eigenvalue weighted by atomic mass is 9.93. The van der Waals surface area contributed by atoms with Crippen LogP contribution in [-0.2, 0) is 13.5 Å². The Hall–Kier alpha value is -2.30. The number of rotatable bonds is 1. The van der Waals surface area contributed by atoms with Crippen molar-refractivity contribution < 1.29 is 4.79 Å². The van der Waals surface area contributed by atoms with Gasteiger partial charge >= 0.3 is 6.03 Å². The maximum Gasteiger partial charge on any atom is 0.324 e. The summed E-state index contributed by atoms with van der Waals surface area (Å²) in [5.41, 5.74) is 3.54. The normalized spacial score (nSPS) is 21.3. The maximum absolute atomic E-state index is 13.2. The first-order chi connectivity index (χ1) is 12.1. The number of aryl methyl sites for hydroxylation is 2. The first-order valence-electron chi connectivity index (χ1n) is 9.27. The molecule has 0 N–H and O–H groups in total. The van der Waals surface area contributed by atoms with Crippen LogP contribution < -0.4 is 4.90 Å². The van der Waals surface area contributed by atoms with E-state index in [9.17, 15) is 4.79 Å². The van der Waals surface area contributed by atoms with Gasteiger partial charge in [0, 0.05) is 44.0 Å². The number of urea groups is 1. The molecule has 4 rings (SSSR count). The van der Waals surface area contributed by atoms with Gasteiger partial charge in [0.05, 0.1) is 12.0 Å². The third kappa shape index (κ3) is 3.03. The highest BCUT2D eigenvalue weighted by Crippen LogP contribution is 2.33. The number of hydrogen-bond donors (Lipinski definition) is 0. The standard InChI is InChI=1S/C20H26N4O/c1-15-7-8-17-5-3-4-6-19(17)24(15)20(25)23-11-9-16(10-12-23)18-13-22(2)14-21-18/h3-6,13-16H,7-12H2,1-2H3. The highest BCUT2D eigenvalue weighted by molar-refractivity contribution is 5.94. The highest BCUT2D eigenvalue weighted by Gasteiger charge is 2.33. The number of benzene rings is 1. The molecule has 1 saturated heterocycles. The van der Waals surface area contributed by atoms with Gasteiger partial charge in [0.25, 0.3) is 0 Å². The Balaban J connectivity index is 1.47. The van der Waals surface area contributed by atoms with Gasteiger partial charge in [-0.1, -0.05) is 18.2 Å². The van der Waals surface area contributed by atoms with Crippen LogP contribution in [0.3, 0.4) is 0 Å². The molecule has 0 bridgehead atoms. The van der Waals surface area contributed by atoms with Crippen molar-refractivity contribution in [2.75, 3.05) is 18.0 Å². The maximum atomic E-state index is 13.2. The number of amides is 2. The zero-order chi connectivity index (χ0) is 17.4. The monoisotopic (exact) mass is 338 g/mol. The summed E-state index contributed by atoms with van der Waals surface area (Å²) in [5, 5.41) is 0. The number of fused-ring (bicyclic) bond motifs is 1. The smallest absolute Gasteiger partial charge is 0.324 e. The van der Waals surface area contributed by atoms with Crippen molar-refractivity contribution >= 4 is 11.7 Å². The van der Waals surface area contributed by atoms with Gasteiger partial charge in [-0.3, -0.25) is 4.90 Å². The van der Waals surface area contributed by atoms with Crippen molar-refractivity contribution in [3.63, 3.8) is 0 Å². The fourth-order valence-electron chi connectivity index (χ4n) is 4.14. The molecule has 0 aliphatic carbocycles. The lowest BCUT2D eigenvalue weighted by molar-refractivity contribution is 0.184. The number of carbonyl (C=O) groups excluding carboxylic acids is 1. The highest BCUT2D eigenvalue weighted by atomic mass is 16.2. The van der Waals surface area contributed by atoms with Gasteiger partial charge in [0.15, 0.2) is 0 Å². The molecule has 1 aromatic carbocycles. The average Bonchev–Trinajstić information content (AvgIpc) is 3.08. The Bertz CT molecular complexity index is 761. The molecular weight excluding hydrogens is 312 g/mol. The van der Waals surface area contributed by atoms with Crippen LogP contribution in [0.1, 0.15) is 43.4 Å². The number of para-hydroxylation sites is 1. The number of imidazole rings is 1. The first-order valence-corrected chi connectivity index (χ1v) is 9.27. The van der Waals surface area contributed by atoms with Crippen molar-refractivity contribution in [2.24, 2.45) is 7.05 Å². The molecule has 0 saturated carbocycles. The number of likely N-dealkylation sites (tertiary alicyclic amines) is 1. The Morgan fingerprint density at radius 1 is 1.16 bits per heavy atom. The van der Waals surface area contributed by atoms with E-state index in [2.05, 4.69) is 36.3 Å². The topological polar surface area (TPSA) is 41.4 Å². The quantitative estimate of drug-likeness (QED) is 0.798. The largest absolute Gasteiger partial charge is 0.340 e. The van der Waals surface area contributed by atoms with Crippen molar-refractivity contribution in [3.05, 3.63) is 48.0 Å². The molecule has 132 valence electrons. The summed E-state index contributed by atoms with van der Waals surface area (Å²) in [7, 11) is 2.00. The van der Waals surface area contributed by atoms with Crippen LogP contribution in [0.4, 0.5) is 10.5 Å². The molecule has 1 fully saturated rings. The lowest BCUT2D eigenvalue weighted by Crippen LogP contribution is -2.51. The molecular formula is C20H26N4O. The summed E-state index contributed by atoms with van der Waals surface area (Å²) < 4.78 is 2.00. The number of hydrogen-bond acceptors (Lipinski definition) is 2. The van der Waals surface area contributed by atoms with E-state index >= 15 is 0 Å². The van der Waals surface area contributed by atoms with E-state index in [1.54, 1.807) is 0 Å². The predicted octanol–water partition coefficient (Wildman–Crippen LogP) is 3.56. The Labute approximate surface area is 149 Å². The van der Waals surface area contributed by atoms with Crippen molar-refractivity contribution in [1.82, 2.24) is 14.5 Å². The third-order valence-corrected chi connectivity index (χ3v) is 5.64. The van der Waals surface area contributed by atoms with Crippen molar-refractivity contribution in [3.8, 4) is 0 Å². The van der Waals surface area contributed by atoms with E-state index in [0.717, 1.165) is 50.2 Å². The fourth-order valence-corrected chi connectivity index (χ4v) is 4.14. The molecule has 1 atom stereocenters. The molecule has 5 nitrogen and oxygen atoms in total. The van der Waals surface area contributed by atoms with E-state index in [-0.39, 0.29) is 12.1 Å². The zero-order valence-electron chi connectivity index (χ0n) is 15.1. The van der Waals surface area contributed by atoms with Crippen LogP contribution >= 0.6 is 0 Å². The van der Waals surface area contributed by atoms with E-state index in [4.69, 9.17) is 0 Å². The second kappa shape index (κ2) is 6.54. The van der Waals surface area contributed by atoms with Gasteiger partial charge in [-0.2, -0.15) is 0 Å². The third-order valence-electron chi connectivity index (χ3n) is 5.64. The molecule has 2 aliphatic heterocycles. The number of carbonyl (C=O) groups is 1. The summed E-state index contributed by atoms with van der Waals surface area (Å²) in [4.78, 5) is 21.7. The van der Waals surface area contributed by atoms with Gasteiger partial charge < -0.3 is 9.47 Å². The fraction of sp³-hybridized carbons (Fsp3) is 0.500. The summed E-state index contributed by atoms with van der Waals surface area (Å²) in [6, 6.07) is 8.76. The van der Waals surface area contributed by atoms with Crippen LogP contribution in [-0.4, -0.2) is 39.6 Å². The zero-order valence-corrected chi connectivity index (χ0v) is 15.1. The minimum Gasteiger partial charge on any atom is -0.340 e. The van der Waals surface area contributed by atoms with E-state index < -0.39 is 0 Å². The van der Waals surface area contributed by atoms with Crippen LogP contribution in [0, 0.1) is 0 Å². The first kappa shape index (κ1) is 16.2. The number of anilines is 1. The second-order valence-corrected chi connectivity index (χ2v) is 7.39. The lowest BCUT2D eigenvalue weighted by Gasteiger charge is -2.40. The molecule has 2 aliphatic rings. The second-order valence-electron chi connectivity index (χ2n) is 7.39. The van der Waals surface area contributed by atoms with E-state index in [1.807, 2.05) is 33.8 Å². The number of aromatic nitrogens is 2. The van der Waals surface area contributed by atoms with Gasteiger partial charge in [-0.05, 0) is 44.2 Å². The molecule has 3 heterocycles. The molecule has 2 amide bonds. The molecule has 0 spiro atoms. The van der Waals surface area contributed by atoms with Gasteiger partial charge in [0.1, 0.15) is 0 Å². The number of nitrogens with zero attached hydrogens (tertiary/aromatic N) is 4. The van der Waals surface area contributed by atoms with Crippen molar-refractivity contribution in [2.45, 2.75) is 44.6 Å². The van der Waals surface area contributed by atoms with E-state index in [1.165, 1.54) is 5.56 Å². The molecule has 1 aromatic heterocycles. The van der Waals surface area contributed by atoms with Gasteiger partial charge in [-0.15, -0.1) is 0 Å². The Morgan fingerprint density at radius 3 is 2.64 bits per heavy atom. The molecule has 1 unspecified atom stereocenters. The summed E-state index contributed by atoms with van der Waals surface area (Å²) in [6.07, 6.45) is 8.04. The van der Waals surface area contributed by atoms with E-state index in [0.29, 0.717) is 5.92 Å². The van der Waals surface area contributed by atoms with Crippen LogP contribution in [0.2, 0.25) is 0 Å². The van der Waals surface area contributed by atoms with Crippen LogP contribution in [0.15, 0.2) is 36.8 Å². The summed E-state index contributed by atoms with van der Waals surface area (Å²) in [6.45, 7) is 3.78. The Kier molecular flexibility index (Phi) is 4.24. The summed E-state index contributed by atoms with van der Waals surface area (Å²) >= 11 is 0. The molecule has 2 aromatic rings. The average molecular weight is 338 g/mol. The van der Waals surface area contributed by atoms with Crippen LogP contribution in [0.25, 0.3) is 0 Å². The van der Waals surface area contributed by atoms with Crippen LogP contribution in [0.5, 0.6) is 0 Å².